The van der Waals surface area contributed by atoms with E-state index in [9.17, 15) is 18.4 Å². The molecule has 1 heterocycles. The number of terminal acetylenes is 1. The third kappa shape index (κ3) is 4.31. The Hall–Kier alpha value is -4.12. The maximum absolute atomic E-state index is 14.2. The van der Waals surface area contributed by atoms with Crippen LogP contribution in [0.3, 0.4) is 0 Å². The van der Waals surface area contributed by atoms with Crippen LogP contribution in [0.1, 0.15) is 0 Å². The highest BCUT2D eigenvalue weighted by Crippen LogP contribution is 2.34. The fourth-order valence-electron chi connectivity index (χ4n) is 2.91. The first-order chi connectivity index (χ1) is 14.3. The molecule has 3 rings (SSSR count). The SMILES string of the molecule is C#CC(=O)Nc1ccc(Nc2ccc(F)cc2F)c(-c2cc(NC)c(=O)n(C)c2)c1. The van der Waals surface area contributed by atoms with Crippen molar-refractivity contribution in [2.75, 3.05) is 23.0 Å². The van der Waals surface area contributed by atoms with Crippen LogP contribution in [0, 0.1) is 24.0 Å². The van der Waals surface area contributed by atoms with Crippen LogP contribution in [0.2, 0.25) is 0 Å². The largest absolute Gasteiger partial charge is 0.384 e. The third-order valence-corrected chi connectivity index (χ3v) is 4.37. The summed E-state index contributed by atoms with van der Waals surface area (Å²) in [6, 6.07) is 9.67. The van der Waals surface area contributed by atoms with Crippen molar-refractivity contribution in [1.82, 2.24) is 4.57 Å². The second-order valence-electron chi connectivity index (χ2n) is 6.42. The van der Waals surface area contributed by atoms with Crippen molar-refractivity contribution in [3.63, 3.8) is 0 Å². The van der Waals surface area contributed by atoms with Gasteiger partial charge in [-0.2, -0.15) is 0 Å². The quantitative estimate of drug-likeness (QED) is 0.563. The van der Waals surface area contributed by atoms with Gasteiger partial charge in [-0.3, -0.25) is 9.59 Å². The summed E-state index contributed by atoms with van der Waals surface area (Å²) in [6.07, 6.45) is 6.72. The van der Waals surface area contributed by atoms with E-state index in [1.54, 1.807) is 44.6 Å². The van der Waals surface area contributed by atoms with E-state index in [1.165, 1.54) is 10.6 Å². The van der Waals surface area contributed by atoms with E-state index in [4.69, 9.17) is 6.42 Å². The van der Waals surface area contributed by atoms with Gasteiger partial charge < -0.3 is 20.5 Å². The summed E-state index contributed by atoms with van der Waals surface area (Å²) in [4.78, 5) is 23.8. The summed E-state index contributed by atoms with van der Waals surface area (Å²) < 4.78 is 28.8. The Balaban J connectivity index is 2.15. The van der Waals surface area contributed by atoms with E-state index < -0.39 is 17.5 Å². The molecular weight excluding hydrogens is 390 g/mol. The second-order valence-corrected chi connectivity index (χ2v) is 6.42. The molecule has 0 radical (unpaired) electrons. The van der Waals surface area contributed by atoms with Crippen LogP contribution < -0.4 is 21.5 Å². The van der Waals surface area contributed by atoms with Crippen LogP contribution >= 0.6 is 0 Å². The van der Waals surface area contributed by atoms with Gasteiger partial charge in [0.05, 0.1) is 5.69 Å². The van der Waals surface area contributed by atoms with Crippen molar-refractivity contribution < 1.29 is 13.6 Å². The highest BCUT2D eigenvalue weighted by molar-refractivity contribution is 6.04. The van der Waals surface area contributed by atoms with Crippen LogP contribution in [0.25, 0.3) is 11.1 Å². The first-order valence-electron chi connectivity index (χ1n) is 8.85. The van der Waals surface area contributed by atoms with Gasteiger partial charge >= 0.3 is 0 Å². The number of rotatable bonds is 5. The van der Waals surface area contributed by atoms with Crippen molar-refractivity contribution in [2.24, 2.45) is 7.05 Å². The number of carbonyl (C=O) groups is 1. The first kappa shape index (κ1) is 20.6. The molecule has 30 heavy (non-hydrogen) atoms. The summed E-state index contributed by atoms with van der Waals surface area (Å²) in [5.41, 5.74) is 2.25. The van der Waals surface area contributed by atoms with Crippen molar-refractivity contribution >= 4 is 28.7 Å². The minimum Gasteiger partial charge on any atom is -0.384 e. The molecule has 0 aliphatic heterocycles. The zero-order valence-electron chi connectivity index (χ0n) is 16.2. The Kier molecular flexibility index (Phi) is 5.83. The van der Waals surface area contributed by atoms with Crippen LogP contribution in [0.15, 0.2) is 53.5 Å². The Morgan fingerprint density at radius 2 is 1.80 bits per heavy atom. The molecule has 0 aliphatic rings. The number of halogens is 2. The maximum atomic E-state index is 14.2. The lowest BCUT2D eigenvalue weighted by molar-refractivity contribution is -0.111. The number of nitrogens with one attached hydrogen (secondary N) is 3. The van der Waals surface area contributed by atoms with E-state index in [0.29, 0.717) is 28.2 Å². The average Bonchev–Trinajstić information content (AvgIpc) is 2.72. The fourth-order valence-corrected chi connectivity index (χ4v) is 2.91. The normalized spacial score (nSPS) is 10.2. The number of hydrogen-bond acceptors (Lipinski definition) is 4. The predicted molar refractivity (Wildman–Crippen MR) is 114 cm³/mol. The number of hydrogen-bond donors (Lipinski definition) is 3. The number of aromatic nitrogens is 1. The van der Waals surface area contributed by atoms with Gasteiger partial charge in [-0.1, -0.05) is 0 Å². The first-order valence-corrected chi connectivity index (χ1v) is 8.85. The molecule has 0 fully saturated rings. The highest BCUT2D eigenvalue weighted by Gasteiger charge is 2.13. The standard InChI is InChI=1S/C22H18F2N4O2/c1-4-21(29)26-15-6-8-18(27-19-7-5-14(23)10-17(19)24)16(11-15)13-9-20(25-2)22(30)28(3)12-13/h1,5-12,25,27H,2-3H3,(H,26,29). The maximum Gasteiger partial charge on any atom is 0.300 e. The summed E-state index contributed by atoms with van der Waals surface area (Å²) in [5.74, 6) is -0.108. The molecule has 0 unspecified atom stereocenters. The second kappa shape index (κ2) is 8.49. The molecule has 0 bridgehead atoms. The zero-order valence-corrected chi connectivity index (χ0v) is 16.2. The van der Waals surface area contributed by atoms with Crippen molar-refractivity contribution in [3.05, 3.63) is 70.6 Å². The number of pyridine rings is 1. The molecule has 0 atom stereocenters. The Morgan fingerprint density at radius 1 is 1.07 bits per heavy atom. The van der Waals surface area contributed by atoms with Crippen molar-refractivity contribution in [1.29, 1.82) is 0 Å². The molecule has 1 amide bonds. The molecule has 3 N–H and O–H groups in total. The Morgan fingerprint density at radius 3 is 2.47 bits per heavy atom. The number of nitrogens with zero attached hydrogens (tertiary/aromatic N) is 1. The molecule has 3 aromatic rings. The Bertz CT molecular complexity index is 1230. The van der Waals surface area contributed by atoms with E-state index in [-0.39, 0.29) is 11.2 Å². The number of carbonyl (C=O) groups excluding carboxylic acids is 1. The average molecular weight is 408 g/mol. The number of benzene rings is 2. The van der Waals surface area contributed by atoms with Gasteiger partial charge in [0.15, 0.2) is 0 Å². The topological polar surface area (TPSA) is 75.2 Å². The van der Waals surface area contributed by atoms with Crippen molar-refractivity contribution in [2.45, 2.75) is 0 Å². The smallest absolute Gasteiger partial charge is 0.300 e. The summed E-state index contributed by atoms with van der Waals surface area (Å²) in [6.45, 7) is 0. The number of amides is 1. The molecule has 2 aromatic carbocycles. The van der Waals surface area contributed by atoms with E-state index >= 15 is 0 Å². The van der Waals surface area contributed by atoms with Crippen LogP contribution in [0.5, 0.6) is 0 Å². The minimum absolute atomic E-state index is 0.0664. The van der Waals surface area contributed by atoms with Gasteiger partial charge in [0, 0.05) is 48.9 Å². The molecule has 6 nitrogen and oxygen atoms in total. The molecule has 8 heteroatoms. The van der Waals surface area contributed by atoms with E-state index in [0.717, 1.165) is 12.1 Å². The number of anilines is 4. The van der Waals surface area contributed by atoms with Crippen LogP contribution in [0.4, 0.5) is 31.5 Å². The Labute approximate surface area is 171 Å². The minimum atomic E-state index is -0.762. The van der Waals surface area contributed by atoms with E-state index in [1.807, 2.05) is 5.92 Å². The lowest BCUT2D eigenvalue weighted by Crippen LogP contribution is -2.19. The summed E-state index contributed by atoms with van der Waals surface area (Å²) >= 11 is 0. The van der Waals surface area contributed by atoms with Gasteiger partial charge in [0.2, 0.25) is 0 Å². The number of aryl methyl sites for hydroxylation is 1. The molecule has 0 spiro atoms. The third-order valence-electron chi connectivity index (χ3n) is 4.37. The molecule has 0 aliphatic carbocycles. The van der Waals surface area contributed by atoms with Crippen LogP contribution in [-0.4, -0.2) is 17.5 Å². The highest BCUT2D eigenvalue weighted by atomic mass is 19.1. The lowest BCUT2D eigenvalue weighted by Gasteiger charge is -2.16. The lowest BCUT2D eigenvalue weighted by atomic mass is 10.0. The fraction of sp³-hybridized carbons (Fsp3) is 0.0909. The van der Waals surface area contributed by atoms with Gasteiger partial charge in [0.1, 0.15) is 17.3 Å². The van der Waals surface area contributed by atoms with Gasteiger partial charge in [0.25, 0.3) is 11.5 Å². The molecule has 1 aromatic heterocycles. The monoisotopic (exact) mass is 408 g/mol. The van der Waals surface area contributed by atoms with Crippen molar-refractivity contribution in [3.8, 4) is 23.5 Å². The molecule has 152 valence electrons. The zero-order chi connectivity index (χ0) is 21.8. The van der Waals surface area contributed by atoms with Gasteiger partial charge in [-0.15, -0.1) is 6.42 Å². The van der Waals surface area contributed by atoms with Gasteiger partial charge in [-0.05, 0) is 42.3 Å². The van der Waals surface area contributed by atoms with Gasteiger partial charge in [-0.25, -0.2) is 8.78 Å². The molecule has 0 saturated heterocycles. The van der Waals surface area contributed by atoms with E-state index in [2.05, 4.69) is 16.0 Å². The van der Waals surface area contributed by atoms with Crippen LogP contribution in [-0.2, 0) is 11.8 Å². The molecule has 0 saturated carbocycles. The molecular formula is C22H18F2N4O2. The summed E-state index contributed by atoms with van der Waals surface area (Å²) in [7, 11) is 3.22. The summed E-state index contributed by atoms with van der Waals surface area (Å²) in [5, 5.41) is 8.32. The predicted octanol–water partition coefficient (Wildman–Crippen LogP) is 3.69.